The van der Waals surface area contributed by atoms with Crippen LogP contribution in [0.25, 0.3) is 55.3 Å². The first-order valence-electron chi connectivity index (χ1n) is 25.3. The SMILES string of the molecule is CC(C)(C)c1cc(-c2cccc3cccc(-c4ccccc4N(c4ccc5c(c4)C4(c6ccccc6-5)C5CC6CC(C5)C4C6)c4cccc5c4-c4ccccc4C5(C)C)c23)cc(C(C)(C)C)c1. The Kier molecular flexibility index (Phi) is 8.69. The summed E-state index contributed by atoms with van der Waals surface area (Å²) >= 11 is 0. The quantitative estimate of drug-likeness (QED) is 0.167. The van der Waals surface area contributed by atoms with Gasteiger partial charge in [-0.3, -0.25) is 0 Å². The molecule has 0 amide bonds. The first-order chi connectivity index (χ1) is 32.2. The molecule has 0 heterocycles. The Morgan fingerprint density at radius 2 is 1.06 bits per heavy atom. The molecule has 0 aromatic heterocycles. The van der Waals surface area contributed by atoms with Gasteiger partial charge in [-0.15, -0.1) is 0 Å². The minimum Gasteiger partial charge on any atom is -0.309 e. The van der Waals surface area contributed by atoms with E-state index in [4.69, 9.17) is 0 Å². The second kappa shape index (κ2) is 14.2. The minimum absolute atomic E-state index is 0.00692. The highest BCUT2D eigenvalue weighted by atomic mass is 15.1. The third-order valence-corrected chi connectivity index (χ3v) is 17.7. The topological polar surface area (TPSA) is 3.24 Å². The van der Waals surface area contributed by atoms with Crippen molar-refractivity contribution in [1.29, 1.82) is 0 Å². The molecule has 1 spiro atoms. The molecule has 4 saturated carbocycles. The average molecular weight is 870 g/mol. The van der Waals surface area contributed by atoms with Crippen molar-refractivity contribution in [2.75, 3.05) is 4.90 Å². The van der Waals surface area contributed by atoms with E-state index in [2.05, 4.69) is 224 Å². The van der Waals surface area contributed by atoms with Gasteiger partial charge < -0.3 is 4.90 Å². The van der Waals surface area contributed by atoms with E-state index in [1.165, 1.54) is 120 Å². The normalized spacial score (nSPS) is 22.6. The van der Waals surface area contributed by atoms with Gasteiger partial charge in [0, 0.05) is 27.6 Å². The fraction of sp³-hybridized carbons (Fsp3) is 0.303. The highest BCUT2D eigenvalue weighted by Crippen LogP contribution is 2.73. The Labute approximate surface area is 398 Å². The predicted octanol–water partition coefficient (Wildman–Crippen LogP) is 17.9. The zero-order chi connectivity index (χ0) is 45.8. The molecule has 4 bridgehead atoms. The molecule has 6 aliphatic rings. The van der Waals surface area contributed by atoms with Crippen LogP contribution < -0.4 is 4.90 Å². The van der Waals surface area contributed by atoms with E-state index < -0.39 is 0 Å². The first kappa shape index (κ1) is 41.0. The Morgan fingerprint density at radius 1 is 0.463 bits per heavy atom. The molecule has 8 aromatic carbocycles. The molecule has 1 heteroatoms. The first-order valence-corrected chi connectivity index (χ1v) is 25.3. The molecule has 332 valence electrons. The number of nitrogens with zero attached hydrogens (tertiary/aromatic N) is 1. The average Bonchev–Trinajstić information content (AvgIpc) is 3.95. The van der Waals surface area contributed by atoms with E-state index in [-0.39, 0.29) is 21.7 Å². The smallest absolute Gasteiger partial charge is 0.0543 e. The third-order valence-electron chi connectivity index (χ3n) is 17.7. The Morgan fingerprint density at radius 3 is 1.79 bits per heavy atom. The molecule has 0 saturated heterocycles. The fourth-order valence-corrected chi connectivity index (χ4v) is 14.8. The van der Waals surface area contributed by atoms with Crippen LogP contribution in [0.2, 0.25) is 0 Å². The van der Waals surface area contributed by atoms with E-state index in [1.807, 2.05) is 0 Å². The summed E-state index contributed by atoms with van der Waals surface area (Å²) in [5.74, 6) is 3.15. The van der Waals surface area contributed by atoms with Gasteiger partial charge in [0.25, 0.3) is 0 Å². The van der Waals surface area contributed by atoms with E-state index in [1.54, 1.807) is 11.1 Å². The lowest BCUT2D eigenvalue weighted by atomic mass is 9.59. The molecular formula is C66H63N. The van der Waals surface area contributed by atoms with E-state index >= 15 is 0 Å². The van der Waals surface area contributed by atoms with E-state index in [9.17, 15) is 0 Å². The molecule has 14 rings (SSSR count). The zero-order valence-corrected chi connectivity index (χ0v) is 40.7. The highest BCUT2D eigenvalue weighted by Gasteiger charge is 2.66. The Balaban J connectivity index is 1.08. The molecule has 0 radical (unpaired) electrons. The Hall–Kier alpha value is -6.18. The maximum atomic E-state index is 2.69. The number of benzene rings is 8. The van der Waals surface area contributed by atoms with Crippen LogP contribution in [0, 0.1) is 23.7 Å². The van der Waals surface area contributed by atoms with Crippen LogP contribution in [0.15, 0.2) is 164 Å². The van der Waals surface area contributed by atoms with Gasteiger partial charge in [0.2, 0.25) is 0 Å². The molecule has 6 aliphatic carbocycles. The number of fused-ring (bicyclic) bond motifs is 7. The van der Waals surface area contributed by atoms with Gasteiger partial charge in [-0.05, 0) is 162 Å². The van der Waals surface area contributed by atoms with Crippen LogP contribution >= 0.6 is 0 Å². The van der Waals surface area contributed by atoms with Crippen LogP contribution in [-0.2, 0) is 21.7 Å². The van der Waals surface area contributed by atoms with Crippen LogP contribution in [-0.4, -0.2) is 0 Å². The lowest BCUT2D eigenvalue weighted by Crippen LogP contribution is -2.40. The van der Waals surface area contributed by atoms with Gasteiger partial charge in [0.05, 0.1) is 11.4 Å². The van der Waals surface area contributed by atoms with Crippen molar-refractivity contribution in [2.24, 2.45) is 23.7 Å². The minimum atomic E-state index is -0.128. The van der Waals surface area contributed by atoms with Crippen LogP contribution in [0.4, 0.5) is 17.1 Å². The number of para-hydroxylation sites is 1. The fourth-order valence-electron chi connectivity index (χ4n) is 14.8. The molecule has 5 atom stereocenters. The van der Waals surface area contributed by atoms with E-state index in [0.29, 0.717) is 11.8 Å². The molecule has 0 N–H and O–H groups in total. The van der Waals surface area contributed by atoms with Gasteiger partial charge in [0.15, 0.2) is 0 Å². The summed E-state index contributed by atoms with van der Waals surface area (Å²) in [6.45, 7) is 18.9. The van der Waals surface area contributed by atoms with Crippen molar-refractivity contribution in [1.82, 2.24) is 0 Å². The molecule has 1 nitrogen and oxygen atoms in total. The summed E-state index contributed by atoms with van der Waals surface area (Å²) < 4.78 is 0. The second-order valence-electron chi connectivity index (χ2n) is 23.7. The lowest BCUT2D eigenvalue weighted by Gasteiger charge is -2.44. The maximum absolute atomic E-state index is 2.69. The number of hydrogen-bond donors (Lipinski definition) is 0. The summed E-state index contributed by atoms with van der Waals surface area (Å²) in [5.41, 5.74) is 23.1. The van der Waals surface area contributed by atoms with Crippen LogP contribution in [0.1, 0.15) is 114 Å². The van der Waals surface area contributed by atoms with Crippen LogP contribution in [0.3, 0.4) is 0 Å². The van der Waals surface area contributed by atoms with Crippen molar-refractivity contribution >= 4 is 27.8 Å². The number of rotatable bonds is 5. The maximum Gasteiger partial charge on any atom is 0.0543 e. The summed E-state index contributed by atoms with van der Waals surface area (Å²) in [7, 11) is 0. The molecule has 67 heavy (non-hydrogen) atoms. The van der Waals surface area contributed by atoms with Gasteiger partial charge in [-0.1, -0.05) is 195 Å². The summed E-state index contributed by atoms with van der Waals surface area (Å²) in [6.07, 6.45) is 5.55. The summed E-state index contributed by atoms with van der Waals surface area (Å²) in [6, 6.07) is 64.1. The molecule has 8 aromatic rings. The van der Waals surface area contributed by atoms with Gasteiger partial charge >= 0.3 is 0 Å². The Bertz CT molecular complexity index is 3310. The largest absolute Gasteiger partial charge is 0.309 e. The van der Waals surface area contributed by atoms with Crippen molar-refractivity contribution in [3.63, 3.8) is 0 Å². The van der Waals surface area contributed by atoms with Crippen LogP contribution in [0.5, 0.6) is 0 Å². The van der Waals surface area contributed by atoms with Crippen molar-refractivity contribution in [3.05, 3.63) is 197 Å². The van der Waals surface area contributed by atoms with Crippen molar-refractivity contribution in [2.45, 2.75) is 103 Å². The molecule has 5 unspecified atom stereocenters. The van der Waals surface area contributed by atoms with Crippen molar-refractivity contribution in [3.8, 4) is 44.5 Å². The summed E-state index contributed by atoms with van der Waals surface area (Å²) in [5, 5.41) is 2.56. The molecule has 4 fully saturated rings. The van der Waals surface area contributed by atoms with Crippen molar-refractivity contribution < 1.29 is 0 Å². The number of anilines is 3. The second-order valence-corrected chi connectivity index (χ2v) is 23.7. The third kappa shape index (κ3) is 5.79. The van der Waals surface area contributed by atoms with Gasteiger partial charge in [-0.25, -0.2) is 0 Å². The highest BCUT2D eigenvalue weighted by molar-refractivity contribution is 6.09. The van der Waals surface area contributed by atoms with E-state index in [0.717, 1.165) is 11.8 Å². The summed E-state index contributed by atoms with van der Waals surface area (Å²) in [4.78, 5) is 2.67. The standard InChI is InChI=1S/C66H63N/c1-63(2,3)44-35-42(36-45(38-44)64(4,5)6)48-23-15-18-41-19-16-24-52(61(41)48)51-21-11-14-28-59(51)67(60-29-17-27-56-62(60)53-22-10-12-25-54(53)65(56,7)8)47-30-31-50-49-20-9-13-26-55(49)66(58(50)39-47)46-33-40-32-43(37-46)57(66)34-40/h9-31,35-36,38-40,43,46,57H,32-34,37H2,1-8H3. The molecular weight excluding hydrogens is 807 g/mol. The lowest BCUT2D eigenvalue weighted by molar-refractivity contribution is 0.191. The predicted molar refractivity (Wildman–Crippen MR) is 283 cm³/mol. The molecule has 0 aliphatic heterocycles. The van der Waals surface area contributed by atoms with Gasteiger partial charge in [-0.2, -0.15) is 0 Å². The number of hydrogen-bond acceptors (Lipinski definition) is 1. The monoisotopic (exact) mass is 869 g/mol. The van der Waals surface area contributed by atoms with Gasteiger partial charge in [0.1, 0.15) is 0 Å². The zero-order valence-electron chi connectivity index (χ0n) is 40.7.